The van der Waals surface area contributed by atoms with Crippen LogP contribution >= 0.6 is 11.3 Å². The van der Waals surface area contributed by atoms with Gasteiger partial charge in [-0.2, -0.15) is 0 Å². The first-order chi connectivity index (χ1) is 11.2. The summed E-state index contributed by atoms with van der Waals surface area (Å²) in [6.07, 6.45) is 0.380. The Morgan fingerprint density at radius 3 is 2.91 bits per heavy atom. The normalized spacial score (nSPS) is 15.5. The van der Waals surface area contributed by atoms with Crippen molar-refractivity contribution in [1.82, 2.24) is 9.88 Å². The number of amides is 1. The minimum Gasteiger partial charge on any atom is -0.379 e. The number of ether oxygens (including phenoxy) is 1. The van der Waals surface area contributed by atoms with Crippen molar-refractivity contribution < 1.29 is 9.53 Å². The van der Waals surface area contributed by atoms with E-state index >= 15 is 0 Å². The van der Waals surface area contributed by atoms with Crippen LogP contribution in [0, 0.1) is 6.92 Å². The predicted octanol–water partition coefficient (Wildman–Crippen LogP) is 2.46. The van der Waals surface area contributed by atoms with Crippen molar-refractivity contribution in [2.75, 3.05) is 31.6 Å². The summed E-state index contributed by atoms with van der Waals surface area (Å²) < 4.78 is 5.34. The van der Waals surface area contributed by atoms with Crippen molar-refractivity contribution in [3.63, 3.8) is 0 Å². The van der Waals surface area contributed by atoms with Crippen LogP contribution in [0.1, 0.15) is 16.8 Å². The van der Waals surface area contributed by atoms with Crippen molar-refractivity contribution in [2.24, 2.45) is 0 Å². The highest BCUT2D eigenvalue weighted by molar-refractivity contribution is 7.13. The topological polar surface area (TPSA) is 54.5 Å². The van der Waals surface area contributed by atoms with E-state index in [9.17, 15) is 4.79 Å². The Bertz CT molecular complexity index is 665. The SMILES string of the molecule is Cc1ccccc1CC(=O)Nc1nc(CN2CCOCC2)cs1. The van der Waals surface area contributed by atoms with Crippen LogP contribution in [0.5, 0.6) is 0 Å². The molecule has 2 heterocycles. The zero-order valence-corrected chi connectivity index (χ0v) is 14.1. The lowest BCUT2D eigenvalue weighted by Crippen LogP contribution is -2.35. The lowest BCUT2D eigenvalue weighted by atomic mass is 10.1. The summed E-state index contributed by atoms with van der Waals surface area (Å²) in [7, 11) is 0. The molecule has 0 spiro atoms. The molecule has 0 saturated carbocycles. The number of nitrogens with zero attached hydrogens (tertiary/aromatic N) is 2. The minimum atomic E-state index is -0.0217. The monoisotopic (exact) mass is 331 g/mol. The van der Waals surface area contributed by atoms with Crippen LogP contribution < -0.4 is 5.32 Å². The van der Waals surface area contributed by atoms with Gasteiger partial charge in [0.2, 0.25) is 5.91 Å². The molecule has 122 valence electrons. The lowest BCUT2D eigenvalue weighted by molar-refractivity contribution is -0.115. The first kappa shape index (κ1) is 16.1. The number of thiazole rings is 1. The molecule has 0 atom stereocenters. The maximum Gasteiger partial charge on any atom is 0.230 e. The highest BCUT2D eigenvalue weighted by Crippen LogP contribution is 2.18. The number of hydrogen-bond donors (Lipinski definition) is 1. The second-order valence-corrected chi connectivity index (χ2v) is 6.54. The zero-order chi connectivity index (χ0) is 16.1. The molecular weight excluding hydrogens is 310 g/mol. The third kappa shape index (κ3) is 4.60. The Balaban J connectivity index is 1.54. The number of carbonyl (C=O) groups excluding carboxylic acids is 1. The van der Waals surface area contributed by atoms with Gasteiger partial charge < -0.3 is 10.1 Å². The van der Waals surface area contributed by atoms with Gasteiger partial charge in [0.05, 0.1) is 25.3 Å². The Hall–Kier alpha value is -1.76. The first-order valence-corrected chi connectivity index (χ1v) is 8.67. The number of nitrogens with one attached hydrogen (secondary N) is 1. The fraction of sp³-hybridized carbons (Fsp3) is 0.412. The van der Waals surface area contributed by atoms with Gasteiger partial charge in [-0.05, 0) is 18.1 Å². The van der Waals surface area contributed by atoms with E-state index in [0.29, 0.717) is 11.6 Å². The van der Waals surface area contributed by atoms with Gasteiger partial charge >= 0.3 is 0 Å². The molecule has 2 aromatic rings. The molecule has 1 saturated heterocycles. The second-order valence-electron chi connectivity index (χ2n) is 5.68. The highest BCUT2D eigenvalue weighted by Gasteiger charge is 2.13. The predicted molar refractivity (Wildman–Crippen MR) is 91.7 cm³/mol. The third-order valence-corrected chi connectivity index (χ3v) is 4.71. The Kier molecular flexibility index (Phi) is 5.38. The van der Waals surface area contributed by atoms with Gasteiger partial charge in [0.1, 0.15) is 0 Å². The molecule has 1 fully saturated rings. The fourth-order valence-corrected chi connectivity index (χ4v) is 3.29. The number of carbonyl (C=O) groups is 1. The summed E-state index contributed by atoms with van der Waals surface area (Å²) in [4.78, 5) is 19.0. The van der Waals surface area contributed by atoms with E-state index in [1.807, 2.05) is 36.6 Å². The molecule has 5 nitrogen and oxygen atoms in total. The number of morpholine rings is 1. The minimum absolute atomic E-state index is 0.0217. The van der Waals surface area contributed by atoms with Crippen LogP contribution in [0.15, 0.2) is 29.6 Å². The molecule has 1 amide bonds. The van der Waals surface area contributed by atoms with Gasteiger partial charge in [-0.3, -0.25) is 9.69 Å². The smallest absolute Gasteiger partial charge is 0.230 e. The largest absolute Gasteiger partial charge is 0.379 e. The fourth-order valence-electron chi connectivity index (χ4n) is 2.57. The van der Waals surface area contributed by atoms with Crippen LogP contribution in [0.4, 0.5) is 5.13 Å². The van der Waals surface area contributed by atoms with E-state index in [1.54, 1.807) is 0 Å². The highest BCUT2D eigenvalue weighted by atomic mass is 32.1. The number of benzene rings is 1. The molecule has 0 unspecified atom stereocenters. The molecule has 0 radical (unpaired) electrons. The average molecular weight is 331 g/mol. The number of hydrogen-bond acceptors (Lipinski definition) is 5. The molecule has 1 N–H and O–H groups in total. The molecule has 1 aliphatic heterocycles. The van der Waals surface area contributed by atoms with Crippen molar-refractivity contribution >= 4 is 22.4 Å². The maximum absolute atomic E-state index is 12.2. The molecule has 3 rings (SSSR count). The zero-order valence-electron chi connectivity index (χ0n) is 13.2. The van der Waals surface area contributed by atoms with Crippen molar-refractivity contribution in [3.05, 3.63) is 46.5 Å². The number of anilines is 1. The number of rotatable bonds is 5. The number of aromatic nitrogens is 1. The third-order valence-electron chi connectivity index (χ3n) is 3.90. The lowest BCUT2D eigenvalue weighted by Gasteiger charge is -2.25. The van der Waals surface area contributed by atoms with E-state index in [2.05, 4.69) is 15.2 Å². The van der Waals surface area contributed by atoms with Crippen LogP contribution in [-0.4, -0.2) is 42.1 Å². The van der Waals surface area contributed by atoms with Crippen molar-refractivity contribution in [1.29, 1.82) is 0 Å². The van der Waals surface area contributed by atoms with Crippen molar-refractivity contribution in [2.45, 2.75) is 19.9 Å². The van der Waals surface area contributed by atoms with Gasteiger partial charge in [0, 0.05) is 25.0 Å². The standard InChI is InChI=1S/C17H21N3O2S/c1-13-4-2-3-5-14(13)10-16(21)19-17-18-15(12-23-17)11-20-6-8-22-9-7-20/h2-5,12H,6-11H2,1H3,(H,18,19,21). The van der Waals surface area contributed by atoms with E-state index in [4.69, 9.17) is 4.74 Å². The Labute approximate surface area is 140 Å². The second kappa shape index (κ2) is 7.68. The summed E-state index contributed by atoms with van der Waals surface area (Å²) in [5, 5.41) is 5.59. The van der Waals surface area contributed by atoms with E-state index < -0.39 is 0 Å². The maximum atomic E-state index is 12.2. The molecule has 1 aromatic carbocycles. The summed E-state index contributed by atoms with van der Waals surface area (Å²) in [6, 6.07) is 7.95. The molecule has 0 bridgehead atoms. The molecule has 1 aromatic heterocycles. The Morgan fingerprint density at radius 1 is 1.35 bits per heavy atom. The van der Waals surface area contributed by atoms with Crippen LogP contribution in [-0.2, 0) is 22.5 Å². The van der Waals surface area contributed by atoms with E-state index in [-0.39, 0.29) is 5.91 Å². The molecule has 1 aliphatic rings. The van der Waals surface area contributed by atoms with Gasteiger partial charge in [-0.15, -0.1) is 11.3 Å². The van der Waals surface area contributed by atoms with Gasteiger partial charge in [-0.25, -0.2) is 4.98 Å². The average Bonchev–Trinajstić information content (AvgIpc) is 2.97. The number of aryl methyl sites for hydroxylation is 1. The van der Waals surface area contributed by atoms with Crippen LogP contribution in [0.2, 0.25) is 0 Å². The summed E-state index contributed by atoms with van der Waals surface area (Å²) in [5.41, 5.74) is 3.19. The Morgan fingerprint density at radius 2 is 2.13 bits per heavy atom. The van der Waals surface area contributed by atoms with Crippen LogP contribution in [0.25, 0.3) is 0 Å². The molecule has 6 heteroatoms. The van der Waals surface area contributed by atoms with E-state index in [0.717, 1.165) is 49.7 Å². The molecule has 0 aliphatic carbocycles. The molecular formula is C17H21N3O2S. The summed E-state index contributed by atoms with van der Waals surface area (Å²) >= 11 is 1.48. The van der Waals surface area contributed by atoms with Gasteiger partial charge in [0.15, 0.2) is 5.13 Å². The first-order valence-electron chi connectivity index (χ1n) is 7.79. The van der Waals surface area contributed by atoms with Crippen LogP contribution in [0.3, 0.4) is 0 Å². The quantitative estimate of drug-likeness (QED) is 0.914. The summed E-state index contributed by atoms with van der Waals surface area (Å²) in [5.74, 6) is -0.0217. The van der Waals surface area contributed by atoms with Crippen molar-refractivity contribution in [3.8, 4) is 0 Å². The summed E-state index contributed by atoms with van der Waals surface area (Å²) in [6.45, 7) is 6.27. The van der Waals surface area contributed by atoms with Gasteiger partial charge in [-0.1, -0.05) is 24.3 Å². The van der Waals surface area contributed by atoms with E-state index in [1.165, 1.54) is 11.3 Å². The molecule has 23 heavy (non-hydrogen) atoms. The van der Waals surface area contributed by atoms with Gasteiger partial charge in [0.25, 0.3) is 0 Å².